The quantitative estimate of drug-likeness (QED) is 0.769. The van der Waals surface area contributed by atoms with Crippen molar-refractivity contribution in [2.45, 2.75) is 19.5 Å². The van der Waals surface area contributed by atoms with Crippen molar-refractivity contribution in [3.05, 3.63) is 77.0 Å². The number of nitrogens with zero attached hydrogens (tertiary/aromatic N) is 1. The Balaban J connectivity index is 1.65. The Kier molecular flexibility index (Phi) is 4.74. The van der Waals surface area contributed by atoms with Crippen LogP contribution >= 0.6 is 11.6 Å². The van der Waals surface area contributed by atoms with Gasteiger partial charge in [-0.2, -0.15) is 0 Å². The maximum atomic E-state index is 12.9. The molecule has 0 bridgehead atoms. The number of aromatic nitrogens is 1. The SMILES string of the molecule is C[C@H]([NH2+]Cc1ncc(-c2ccc(F)cc2)o1)c1ccccc1Cl. The predicted molar refractivity (Wildman–Crippen MR) is 87.4 cm³/mol. The second-order valence-corrected chi connectivity index (χ2v) is 5.78. The van der Waals surface area contributed by atoms with Gasteiger partial charge in [0.15, 0.2) is 12.3 Å². The topological polar surface area (TPSA) is 42.6 Å². The largest absolute Gasteiger partial charge is 0.435 e. The van der Waals surface area contributed by atoms with Crippen molar-refractivity contribution in [3.63, 3.8) is 0 Å². The summed E-state index contributed by atoms with van der Waals surface area (Å²) in [4.78, 5) is 4.28. The van der Waals surface area contributed by atoms with Crippen molar-refractivity contribution in [3.8, 4) is 11.3 Å². The lowest BCUT2D eigenvalue weighted by molar-refractivity contribution is -0.709. The summed E-state index contributed by atoms with van der Waals surface area (Å²) in [5.41, 5.74) is 1.89. The standard InChI is InChI=1S/C18H16ClFN2O/c1-12(15-4-2-3-5-16(15)19)21-11-18-22-10-17(23-18)13-6-8-14(20)9-7-13/h2-10,12,21H,11H2,1H3/p+1/t12-/m0/s1. The van der Waals surface area contributed by atoms with E-state index in [0.29, 0.717) is 18.2 Å². The molecule has 1 aromatic heterocycles. The molecule has 0 fully saturated rings. The van der Waals surface area contributed by atoms with Gasteiger partial charge in [0, 0.05) is 16.1 Å². The first-order valence-corrected chi connectivity index (χ1v) is 7.79. The molecule has 2 aromatic carbocycles. The van der Waals surface area contributed by atoms with Crippen molar-refractivity contribution < 1.29 is 14.1 Å². The number of hydrogen-bond acceptors (Lipinski definition) is 2. The fraction of sp³-hybridized carbons (Fsp3) is 0.167. The van der Waals surface area contributed by atoms with Gasteiger partial charge in [0.1, 0.15) is 11.9 Å². The molecule has 0 aliphatic carbocycles. The molecule has 0 radical (unpaired) electrons. The number of nitrogens with two attached hydrogens (primary N) is 1. The average Bonchev–Trinajstić information content (AvgIpc) is 3.03. The summed E-state index contributed by atoms with van der Waals surface area (Å²) in [5.74, 6) is 0.998. The van der Waals surface area contributed by atoms with Gasteiger partial charge in [0.05, 0.1) is 6.20 Å². The van der Waals surface area contributed by atoms with Crippen LogP contribution in [-0.4, -0.2) is 4.98 Å². The predicted octanol–water partition coefficient (Wildman–Crippen LogP) is 3.96. The van der Waals surface area contributed by atoms with E-state index in [1.165, 1.54) is 12.1 Å². The van der Waals surface area contributed by atoms with Gasteiger partial charge in [-0.15, -0.1) is 0 Å². The number of oxazole rings is 1. The lowest BCUT2D eigenvalue weighted by atomic mass is 10.1. The summed E-state index contributed by atoms with van der Waals surface area (Å²) in [6.07, 6.45) is 1.66. The van der Waals surface area contributed by atoms with Gasteiger partial charge in [-0.05, 0) is 37.3 Å². The highest BCUT2D eigenvalue weighted by atomic mass is 35.5. The fourth-order valence-electron chi connectivity index (χ4n) is 2.40. The third-order valence-corrected chi connectivity index (χ3v) is 4.07. The minimum Gasteiger partial charge on any atom is -0.435 e. The van der Waals surface area contributed by atoms with E-state index in [0.717, 1.165) is 16.1 Å². The Labute approximate surface area is 139 Å². The van der Waals surface area contributed by atoms with E-state index in [2.05, 4.69) is 17.2 Å². The molecule has 3 nitrogen and oxygen atoms in total. The monoisotopic (exact) mass is 331 g/mol. The van der Waals surface area contributed by atoms with Gasteiger partial charge < -0.3 is 9.73 Å². The minimum absolute atomic E-state index is 0.199. The van der Waals surface area contributed by atoms with Gasteiger partial charge in [0.25, 0.3) is 5.89 Å². The van der Waals surface area contributed by atoms with E-state index in [4.69, 9.17) is 16.0 Å². The Hall–Kier alpha value is -2.17. The van der Waals surface area contributed by atoms with E-state index < -0.39 is 0 Å². The molecule has 0 aliphatic rings. The molecular weight excluding hydrogens is 315 g/mol. The molecular formula is C18H17ClFN2O+. The third kappa shape index (κ3) is 3.78. The highest BCUT2D eigenvalue weighted by molar-refractivity contribution is 6.31. The summed E-state index contributed by atoms with van der Waals surface area (Å²) < 4.78 is 18.7. The average molecular weight is 332 g/mol. The maximum absolute atomic E-state index is 12.9. The first kappa shape index (κ1) is 15.7. The summed E-state index contributed by atoms with van der Waals surface area (Å²) in [6, 6.07) is 14.2. The number of quaternary nitrogens is 1. The molecule has 0 aliphatic heterocycles. The molecule has 0 unspecified atom stereocenters. The van der Waals surface area contributed by atoms with Crippen LogP contribution in [0, 0.1) is 5.82 Å². The third-order valence-electron chi connectivity index (χ3n) is 3.72. The molecule has 1 atom stereocenters. The van der Waals surface area contributed by atoms with E-state index >= 15 is 0 Å². The smallest absolute Gasteiger partial charge is 0.250 e. The van der Waals surface area contributed by atoms with E-state index in [-0.39, 0.29) is 11.9 Å². The van der Waals surface area contributed by atoms with Crippen LogP contribution in [-0.2, 0) is 6.54 Å². The molecule has 3 rings (SSSR count). The fourth-order valence-corrected chi connectivity index (χ4v) is 2.71. The molecule has 2 N–H and O–H groups in total. The minimum atomic E-state index is -0.268. The van der Waals surface area contributed by atoms with Crippen LogP contribution in [0.4, 0.5) is 4.39 Å². The molecule has 1 heterocycles. The highest BCUT2D eigenvalue weighted by Crippen LogP contribution is 2.21. The molecule has 23 heavy (non-hydrogen) atoms. The van der Waals surface area contributed by atoms with Crippen molar-refractivity contribution >= 4 is 11.6 Å². The van der Waals surface area contributed by atoms with Crippen LogP contribution in [0.3, 0.4) is 0 Å². The highest BCUT2D eigenvalue weighted by Gasteiger charge is 2.14. The van der Waals surface area contributed by atoms with E-state index in [9.17, 15) is 4.39 Å². The number of benzene rings is 2. The lowest BCUT2D eigenvalue weighted by Gasteiger charge is -2.11. The number of rotatable bonds is 5. The van der Waals surface area contributed by atoms with Gasteiger partial charge >= 0.3 is 0 Å². The second-order valence-electron chi connectivity index (χ2n) is 5.38. The van der Waals surface area contributed by atoms with Crippen LogP contribution in [0.1, 0.15) is 24.4 Å². The summed E-state index contributed by atoms with van der Waals surface area (Å²) in [7, 11) is 0. The van der Waals surface area contributed by atoms with Crippen molar-refractivity contribution in [1.82, 2.24) is 4.98 Å². The molecule has 5 heteroatoms. The first-order valence-electron chi connectivity index (χ1n) is 7.42. The van der Waals surface area contributed by atoms with E-state index in [1.807, 2.05) is 24.3 Å². The van der Waals surface area contributed by atoms with Gasteiger partial charge in [-0.3, -0.25) is 0 Å². The summed E-state index contributed by atoms with van der Waals surface area (Å²) >= 11 is 6.21. The van der Waals surface area contributed by atoms with Crippen molar-refractivity contribution in [1.29, 1.82) is 0 Å². The molecule has 0 spiro atoms. The zero-order chi connectivity index (χ0) is 16.2. The lowest BCUT2D eigenvalue weighted by Crippen LogP contribution is -2.83. The van der Waals surface area contributed by atoms with Crippen LogP contribution in [0.2, 0.25) is 5.02 Å². The Morgan fingerprint density at radius 2 is 1.91 bits per heavy atom. The van der Waals surface area contributed by atoms with Crippen LogP contribution in [0.25, 0.3) is 11.3 Å². The first-order chi connectivity index (χ1) is 11.1. The Morgan fingerprint density at radius 3 is 2.65 bits per heavy atom. The number of halogens is 2. The van der Waals surface area contributed by atoms with Gasteiger partial charge in [-0.1, -0.05) is 29.8 Å². The van der Waals surface area contributed by atoms with Crippen LogP contribution < -0.4 is 5.32 Å². The molecule has 3 aromatic rings. The second kappa shape index (κ2) is 6.94. The van der Waals surface area contributed by atoms with Gasteiger partial charge in [0.2, 0.25) is 0 Å². The van der Waals surface area contributed by atoms with Crippen molar-refractivity contribution in [2.75, 3.05) is 0 Å². The zero-order valence-corrected chi connectivity index (χ0v) is 13.4. The summed E-state index contributed by atoms with van der Waals surface area (Å²) in [6.45, 7) is 2.69. The molecule has 0 saturated carbocycles. The number of hydrogen-bond donors (Lipinski definition) is 1. The zero-order valence-electron chi connectivity index (χ0n) is 12.7. The van der Waals surface area contributed by atoms with E-state index in [1.54, 1.807) is 18.3 Å². The molecule has 0 amide bonds. The summed E-state index contributed by atoms with van der Waals surface area (Å²) in [5, 5.41) is 2.87. The van der Waals surface area contributed by atoms with Crippen molar-refractivity contribution in [2.24, 2.45) is 0 Å². The molecule has 118 valence electrons. The Morgan fingerprint density at radius 1 is 1.17 bits per heavy atom. The Bertz CT molecular complexity index is 786. The van der Waals surface area contributed by atoms with Gasteiger partial charge in [-0.25, -0.2) is 9.37 Å². The molecule has 0 saturated heterocycles. The normalized spacial score (nSPS) is 12.3. The van der Waals surface area contributed by atoms with Crippen LogP contribution in [0.5, 0.6) is 0 Å². The van der Waals surface area contributed by atoms with Crippen LogP contribution in [0.15, 0.2) is 59.1 Å². The maximum Gasteiger partial charge on any atom is 0.250 e.